The van der Waals surface area contributed by atoms with Gasteiger partial charge in [0.25, 0.3) is 0 Å². The highest BCUT2D eigenvalue weighted by Gasteiger charge is 2.14. The van der Waals surface area contributed by atoms with Crippen LogP contribution >= 0.6 is 0 Å². The van der Waals surface area contributed by atoms with Crippen LogP contribution < -0.4 is 9.47 Å². The summed E-state index contributed by atoms with van der Waals surface area (Å²) in [5.74, 6) is 1.66. The predicted octanol–water partition coefficient (Wildman–Crippen LogP) is 6.61. The van der Waals surface area contributed by atoms with Crippen LogP contribution in [0.3, 0.4) is 0 Å². The monoisotopic (exact) mass is 397 g/mol. The molecular weight excluding hydrogens is 370 g/mol. The molecule has 1 heterocycles. The molecule has 4 aromatic rings. The predicted molar refractivity (Wildman–Crippen MR) is 123 cm³/mol. The molecule has 0 unspecified atom stereocenters. The highest BCUT2D eigenvalue weighted by molar-refractivity contribution is 5.88. The number of pyridine rings is 1. The van der Waals surface area contributed by atoms with E-state index in [0.29, 0.717) is 6.61 Å². The number of hydrogen-bond acceptors (Lipinski definition) is 3. The summed E-state index contributed by atoms with van der Waals surface area (Å²) in [5, 5.41) is 2.27. The van der Waals surface area contributed by atoms with Crippen molar-refractivity contribution >= 4 is 10.8 Å². The number of ether oxygens (including phenoxy) is 2. The molecule has 0 saturated heterocycles. The minimum Gasteiger partial charge on any atom is -0.496 e. The zero-order valence-electron chi connectivity index (χ0n) is 17.8. The van der Waals surface area contributed by atoms with Crippen LogP contribution in [0.25, 0.3) is 22.0 Å². The molecule has 4 rings (SSSR count). The van der Waals surface area contributed by atoms with Crippen LogP contribution in [0.1, 0.15) is 30.5 Å². The van der Waals surface area contributed by atoms with E-state index in [4.69, 9.17) is 14.5 Å². The lowest BCUT2D eigenvalue weighted by atomic mass is 9.94. The van der Waals surface area contributed by atoms with Crippen LogP contribution in [-0.2, 0) is 19.4 Å². The lowest BCUT2D eigenvalue weighted by Gasteiger charge is -2.16. The SMILES string of the molecule is CCc1cccc(CC)c1-c1cc(OC)c(COc2cccc3ccccc23)cn1. The van der Waals surface area contributed by atoms with Gasteiger partial charge in [-0.1, -0.05) is 68.4 Å². The summed E-state index contributed by atoms with van der Waals surface area (Å²) < 4.78 is 11.9. The van der Waals surface area contributed by atoms with Gasteiger partial charge in [0.2, 0.25) is 0 Å². The summed E-state index contributed by atoms with van der Waals surface area (Å²) >= 11 is 0. The number of nitrogens with zero attached hydrogens (tertiary/aromatic N) is 1. The molecule has 1 aromatic heterocycles. The molecular formula is C27H27NO2. The Morgan fingerprint density at radius 2 is 1.47 bits per heavy atom. The van der Waals surface area contributed by atoms with Crippen molar-refractivity contribution in [2.24, 2.45) is 0 Å². The molecule has 3 aromatic carbocycles. The topological polar surface area (TPSA) is 31.4 Å². The molecule has 0 atom stereocenters. The van der Waals surface area contributed by atoms with Gasteiger partial charge in [0, 0.05) is 28.8 Å². The first kappa shape index (κ1) is 20.0. The molecule has 0 aliphatic heterocycles. The summed E-state index contributed by atoms with van der Waals surface area (Å²) in [6, 6.07) is 22.9. The summed E-state index contributed by atoms with van der Waals surface area (Å²) in [7, 11) is 1.70. The van der Waals surface area contributed by atoms with E-state index < -0.39 is 0 Å². The number of fused-ring (bicyclic) bond motifs is 1. The maximum Gasteiger partial charge on any atom is 0.129 e. The van der Waals surface area contributed by atoms with Crippen molar-refractivity contribution in [2.45, 2.75) is 33.3 Å². The summed E-state index contributed by atoms with van der Waals surface area (Å²) in [4.78, 5) is 4.79. The van der Waals surface area contributed by atoms with Gasteiger partial charge in [-0.05, 0) is 35.4 Å². The second-order valence-electron chi connectivity index (χ2n) is 7.31. The van der Waals surface area contributed by atoms with E-state index in [1.54, 1.807) is 7.11 Å². The third-order valence-electron chi connectivity index (χ3n) is 5.55. The maximum absolute atomic E-state index is 6.16. The molecule has 30 heavy (non-hydrogen) atoms. The second kappa shape index (κ2) is 9.00. The number of hydrogen-bond donors (Lipinski definition) is 0. The highest BCUT2D eigenvalue weighted by atomic mass is 16.5. The van der Waals surface area contributed by atoms with Gasteiger partial charge in [-0.2, -0.15) is 0 Å². The molecule has 3 nitrogen and oxygen atoms in total. The van der Waals surface area contributed by atoms with Gasteiger partial charge in [0.05, 0.1) is 12.8 Å². The van der Waals surface area contributed by atoms with Crippen LogP contribution in [0.15, 0.2) is 72.9 Å². The smallest absolute Gasteiger partial charge is 0.129 e. The van der Waals surface area contributed by atoms with E-state index in [2.05, 4.69) is 50.2 Å². The average molecular weight is 398 g/mol. The molecule has 3 heteroatoms. The minimum absolute atomic E-state index is 0.403. The van der Waals surface area contributed by atoms with E-state index in [9.17, 15) is 0 Å². The molecule has 0 aliphatic carbocycles. The Balaban J connectivity index is 1.65. The average Bonchev–Trinajstić information content (AvgIpc) is 2.82. The number of aryl methyl sites for hydroxylation is 2. The van der Waals surface area contributed by atoms with Crippen molar-refractivity contribution in [3.8, 4) is 22.8 Å². The fourth-order valence-electron chi connectivity index (χ4n) is 3.95. The first-order chi connectivity index (χ1) is 14.7. The van der Waals surface area contributed by atoms with Gasteiger partial charge in [-0.3, -0.25) is 4.98 Å². The Bertz CT molecular complexity index is 1140. The van der Waals surface area contributed by atoms with Gasteiger partial charge in [-0.15, -0.1) is 0 Å². The van der Waals surface area contributed by atoms with Crippen LogP contribution in [0.4, 0.5) is 0 Å². The van der Waals surface area contributed by atoms with Crippen molar-refractivity contribution in [3.05, 3.63) is 89.6 Å². The molecule has 0 N–H and O–H groups in total. The van der Waals surface area contributed by atoms with Crippen molar-refractivity contribution < 1.29 is 9.47 Å². The number of benzene rings is 3. The van der Waals surface area contributed by atoms with Crippen molar-refractivity contribution in [1.29, 1.82) is 0 Å². The molecule has 0 saturated carbocycles. The summed E-state index contributed by atoms with van der Waals surface area (Å²) in [5.41, 5.74) is 5.73. The summed E-state index contributed by atoms with van der Waals surface area (Å²) in [6.07, 6.45) is 3.82. The van der Waals surface area contributed by atoms with Crippen molar-refractivity contribution in [2.75, 3.05) is 7.11 Å². The Morgan fingerprint density at radius 1 is 0.767 bits per heavy atom. The van der Waals surface area contributed by atoms with E-state index in [-0.39, 0.29) is 0 Å². The largest absolute Gasteiger partial charge is 0.496 e. The van der Waals surface area contributed by atoms with Crippen LogP contribution in [0.2, 0.25) is 0 Å². The molecule has 152 valence electrons. The molecule has 0 bridgehead atoms. The number of aromatic nitrogens is 1. The Labute approximate surface area is 178 Å². The first-order valence-electron chi connectivity index (χ1n) is 10.5. The number of rotatable bonds is 7. The lowest BCUT2D eigenvalue weighted by Crippen LogP contribution is -2.02. The van der Waals surface area contributed by atoms with E-state index in [0.717, 1.165) is 41.0 Å². The molecule has 0 aliphatic rings. The van der Waals surface area contributed by atoms with Crippen molar-refractivity contribution in [1.82, 2.24) is 4.98 Å². The zero-order valence-corrected chi connectivity index (χ0v) is 17.8. The number of methoxy groups -OCH3 is 1. The molecule has 0 radical (unpaired) electrons. The van der Waals surface area contributed by atoms with E-state index in [1.807, 2.05) is 36.5 Å². The second-order valence-corrected chi connectivity index (χ2v) is 7.31. The zero-order chi connectivity index (χ0) is 20.9. The normalized spacial score (nSPS) is 10.9. The van der Waals surface area contributed by atoms with Crippen LogP contribution in [-0.4, -0.2) is 12.1 Å². The van der Waals surface area contributed by atoms with Gasteiger partial charge >= 0.3 is 0 Å². The van der Waals surface area contributed by atoms with Gasteiger partial charge in [0.1, 0.15) is 18.1 Å². The quantitative estimate of drug-likeness (QED) is 0.351. The Kier molecular flexibility index (Phi) is 5.99. The maximum atomic E-state index is 6.16. The van der Waals surface area contributed by atoms with Gasteiger partial charge in [-0.25, -0.2) is 0 Å². The van der Waals surface area contributed by atoms with E-state index in [1.165, 1.54) is 22.1 Å². The standard InChI is InChI=1S/C27H27NO2/c1-4-19-11-8-12-20(5-2)27(19)24-16-26(29-3)22(17-28-24)18-30-25-15-9-13-21-10-6-7-14-23(21)25/h6-17H,4-5,18H2,1-3H3. The van der Waals surface area contributed by atoms with Crippen LogP contribution in [0, 0.1) is 0 Å². The third-order valence-corrected chi connectivity index (χ3v) is 5.55. The fourth-order valence-corrected chi connectivity index (χ4v) is 3.95. The first-order valence-corrected chi connectivity index (χ1v) is 10.5. The minimum atomic E-state index is 0.403. The van der Waals surface area contributed by atoms with Gasteiger partial charge < -0.3 is 9.47 Å². The lowest BCUT2D eigenvalue weighted by molar-refractivity contribution is 0.299. The van der Waals surface area contributed by atoms with Crippen LogP contribution in [0.5, 0.6) is 11.5 Å². The Morgan fingerprint density at radius 3 is 2.20 bits per heavy atom. The van der Waals surface area contributed by atoms with Crippen molar-refractivity contribution in [3.63, 3.8) is 0 Å². The fraction of sp³-hybridized carbons (Fsp3) is 0.222. The molecule has 0 fully saturated rings. The summed E-state index contributed by atoms with van der Waals surface area (Å²) in [6.45, 7) is 4.77. The molecule has 0 spiro atoms. The molecule has 0 amide bonds. The Hall–Kier alpha value is -3.33. The third kappa shape index (κ3) is 3.88. The van der Waals surface area contributed by atoms with E-state index >= 15 is 0 Å². The van der Waals surface area contributed by atoms with Gasteiger partial charge in [0.15, 0.2) is 0 Å². The highest BCUT2D eigenvalue weighted by Crippen LogP contribution is 2.32.